The number of anilines is 1. The van der Waals surface area contributed by atoms with E-state index >= 15 is 0 Å². The van der Waals surface area contributed by atoms with Gasteiger partial charge in [-0.1, -0.05) is 6.58 Å². The zero-order valence-corrected chi connectivity index (χ0v) is 11.9. The molecule has 0 radical (unpaired) electrons. The SMILES string of the molecule is C=C1[C@H](CO)[C@@H](O)[C@@](C)(O)[C@@H]1n1cnc2c(=O)[nH]c(N)nc21. The largest absolute Gasteiger partial charge is 0.396 e. The lowest BCUT2D eigenvalue weighted by atomic mass is 9.96. The third kappa shape index (κ3) is 1.79. The van der Waals surface area contributed by atoms with Crippen LogP contribution in [0.5, 0.6) is 0 Å². The number of fused-ring (bicyclic) bond motifs is 1. The minimum atomic E-state index is -1.60. The molecule has 9 heteroatoms. The number of nitrogen functional groups attached to an aromatic ring is 1. The van der Waals surface area contributed by atoms with Gasteiger partial charge in [0.15, 0.2) is 11.2 Å². The van der Waals surface area contributed by atoms with Gasteiger partial charge in [0.25, 0.3) is 5.56 Å². The van der Waals surface area contributed by atoms with E-state index in [1.165, 1.54) is 17.8 Å². The lowest BCUT2D eigenvalue weighted by molar-refractivity contribution is -0.0776. The van der Waals surface area contributed by atoms with Gasteiger partial charge >= 0.3 is 0 Å². The van der Waals surface area contributed by atoms with Crippen LogP contribution in [0.1, 0.15) is 13.0 Å². The molecule has 0 aliphatic heterocycles. The maximum Gasteiger partial charge on any atom is 0.280 e. The number of H-pyrrole nitrogens is 1. The summed E-state index contributed by atoms with van der Waals surface area (Å²) in [4.78, 5) is 22.2. The molecule has 3 rings (SSSR count). The van der Waals surface area contributed by atoms with Crippen LogP contribution in [-0.2, 0) is 0 Å². The lowest BCUT2D eigenvalue weighted by Gasteiger charge is -2.29. The number of hydrogen-bond donors (Lipinski definition) is 5. The number of aromatic nitrogens is 4. The van der Waals surface area contributed by atoms with Gasteiger partial charge in [0.05, 0.1) is 25.1 Å². The second kappa shape index (κ2) is 4.63. The van der Waals surface area contributed by atoms with Crippen molar-refractivity contribution in [1.82, 2.24) is 19.5 Å². The van der Waals surface area contributed by atoms with Crippen LogP contribution in [0.3, 0.4) is 0 Å². The number of nitrogens with two attached hydrogens (primary N) is 1. The highest BCUT2D eigenvalue weighted by Crippen LogP contribution is 2.46. The molecule has 1 fully saturated rings. The summed E-state index contributed by atoms with van der Waals surface area (Å²) in [6.07, 6.45) is 0.134. The summed E-state index contributed by atoms with van der Waals surface area (Å²) >= 11 is 0. The van der Waals surface area contributed by atoms with Crippen molar-refractivity contribution < 1.29 is 15.3 Å². The molecular weight excluding hydrogens is 290 g/mol. The summed E-state index contributed by atoms with van der Waals surface area (Å²) in [7, 11) is 0. The van der Waals surface area contributed by atoms with Crippen molar-refractivity contribution in [1.29, 1.82) is 0 Å². The molecule has 0 unspecified atom stereocenters. The Hall–Kier alpha value is -2.23. The highest BCUT2D eigenvalue weighted by atomic mass is 16.3. The standard InChI is InChI=1S/C13H17N5O4/c1-5-6(3-19)9(20)13(2,22)8(5)18-4-15-7-10(18)16-12(14)17-11(7)21/h4,6,8-9,19-20,22H,1,3H2,2H3,(H3,14,16,17,21)/t6-,8+,9+,13-/m0/s1. The number of aromatic amines is 1. The van der Waals surface area contributed by atoms with Crippen LogP contribution < -0.4 is 11.3 Å². The number of imidazole rings is 1. The number of rotatable bonds is 2. The Bertz CT molecular complexity index is 808. The third-order valence-electron chi connectivity index (χ3n) is 4.29. The van der Waals surface area contributed by atoms with E-state index in [-0.39, 0.29) is 23.7 Å². The van der Waals surface area contributed by atoms with E-state index in [1.54, 1.807) is 0 Å². The van der Waals surface area contributed by atoms with Crippen molar-refractivity contribution in [2.45, 2.75) is 24.7 Å². The van der Waals surface area contributed by atoms with Crippen molar-refractivity contribution in [3.8, 4) is 0 Å². The summed E-state index contributed by atoms with van der Waals surface area (Å²) in [6.45, 7) is 4.95. The fourth-order valence-corrected chi connectivity index (χ4v) is 3.16. The van der Waals surface area contributed by atoms with Crippen LogP contribution in [0.25, 0.3) is 11.2 Å². The number of nitrogens with zero attached hydrogens (tertiary/aromatic N) is 3. The maximum absolute atomic E-state index is 11.8. The molecule has 1 aliphatic rings. The van der Waals surface area contributed by atoms with E-state index in [4.69, 9.17) is 5.73 Å². The van der Waals surface area contributed by atoms with Gasteiger partial charge in [-0.2, -0.15) is 4.98 Å². The molecule has 2 heterocycles. The zero-order valence-electron chi connectivity index (χ0n) is 11.9. The van der Waals surface area contributed by atoms with Crippen molar-refractivity contribution >= 4 is 17.1 Å². The number of hydrogen-bond acceptors (Lipinski definition) is 7. The molecule has 1 aliphatic carbocycles. The summed E-state index contributed by atoms with van der Waals surface area (Å²) in [6, 6.07) is -0.793. The Morgan fingerprint density at radius 1 is 1.59 bits per heavy atom. The second-order valence-corrected chi connectivity index (χ2v) is 5.71. The van der Waals surface area contributed by atoms with Crippen molar-refractivity contribution in [3.05, 3.63) is 28.8 Å². The normalized spacial score (nSPS) is 32.0. The second-order valence-electron chi connectivity index (χ2n) is 5.71. The van der Waals surface area contributed by atoms with Gasteiger partial charge in [-0.3, -0.25) is 9.78 Å². The predicted molar refractivity (Wildman–Crippen MR) is 77.9 cm³/mol. The Balaban J connectivity index is 2.23. The highest BCUT2D eigenvalue weighted by Gasteiger charge is 2.54. The van der Waals surface area contributed by atoms with E-state index in [0.29, 0.717) is 5.57 Å². The first-order valence-corrected chi connectivity index (χ1v) is 6.71. The van der Waals surface area contributed by atoms with Gasteiger partial charge < -0.3 is 25.6 Å². The molecule has 2 aromatic rings. The zero-order chi connectivity index (χ0) is 16.2. The van der Waals surface area contributed by atoms with Gasteiger partial charge in [-0.15, -0.1) is 0 Å². The Morgan fingerprint density at radius 3 is 2.86 bits per heavy atom. The summed E-state index contributed by atoms with van der Waals surface area (Å²) in [5.74, 6) is -0.765. The minimum Gasteiger partial charge on any atom is -0.396 e. The van der Waals surface area contributed by atoms with Gasteiger partial charge in [0, 0.05) is 5.92 Å². The van der Waals surface area contributed by atoms with Crippen molar-refractivity contribution in [2.24, 2.45) is 5.92 Å². The fourth-order valence-electron chi connectivity index (χ4n) is 3.16. The average molecular weight is 307 g/mol. The Labute approximate surface area is 124 Å². The Morgan fingerprint density at radius 2 is 2.27 bits per heavy atom. The van der Waals surface area contributed by atoms with Crippen LogP contribution in [0.4, 0.5) is 5.95 Å². The first-order chi connectivity index (χ1) is 10.3. The maximum atomic E-state index is 11.8. The van der Waals surface area contributed by atoms with E-state index in [0.717, 1.165) is 0 Å². The molecule has 4 atom stereocenters. The van der Waals surface area contributed by atoms with Crippen LogP contribution >= 0.6 is 0 Å². The molecule has 1 saturated carbocycles. The summed E-state index contributed by atoms with van der Waals surface area (Å²) < 4.78 is 1.45. The van der Waals surface area contributed by atoms with Crippen LogP contribution in [0, 0.1) is 5.92 Å². The average Bonchev–Trinajstić information content (AvgIpc) is 2.89. The number of aliphatic hydroxyl groups excluding tert-OH is 2. The molecule has 6 N–H and O–H groups in total. The molecule has 118 valence electrons. The van der Waals surface area contributed by atoms with E-state index < -0.39 is 29.2 Å². The van der Waals surface area contributed by atoms with Gasteiger partial charge in [0.2, 0.25) is 5.95 Å². The molecule has 0 aromatic carbocycles. The molecule has 0 amide bonds. The van der Waals surface area contributed by atoms with Crippen LogP contribution in [0.2, 0.25) is 0 Å². The molecular formula is C13H17N5O4. The fraction of sp³-hybridized carbons (Fsp3) is 0.462. The van der Waals surface area contributed by atoms with Crippen LogP contribution in [0.15, 0.2) is 23.3 Å². The highest BCUT2D eigenvalue weighted by molar-refractivity contribution is 5.71. The van der Waals surface area contributed by atoms with E-state index in [2.05, 4.69) is 21.5 Å². The van der Waals surface area contributed by atoms with E-state index in [9.17, 15) is 20.1 Å². The number of aliphatic hydroxyl groups is 3. The lowest BCUT2D eigenvalue weighted by Crippen LogP contribution is -2.42. The minimum absolute atomic E-state index is 0.0692. The molecule has 0 spiro atoms. The van der Waals surface area contributed by atoms with Gasteiger partial charge in [0.1, 0.15) is 5.60 Å². The van der Waals surface area contributed by atoms with Crippen molar-refractivity contribution in [2.75, 3.05) is 12.3 Å². The summed E-state index contributed by atoms with van der Waals surface area (Å²) in [5.41, 5.74) is 4.13. The molecule has 9 nitrogen and oxygen atoms in total. The predicted octanol–water partition coefficient (Wildman–Crippen LogP) is -1.47. The smallest absolute Gasteiger partial charge is 0.280 e. The third-order valence-corrected chi connectivity index (χ3v) is 4.29. The van der Waals surface area contributed by atoms with Crippen LogP contribution in [-0.4, -0.2) is 53.2 Å². The van der Waals surface area contributed by atoms with Gasteiger partial charge in [-0.25, -0.2) is 4.98 Å². The number of nitrogens with one attached hydrogen (secondary N) is 1. The quantitative estimate of drug-likeness (QED) is 0.425. The first kappa shape index (κ1) is 14.7. The molecule has 0 saturated heterocycles. The Kier molecular flexibility index (Phi) is 3.09. The molecule has 22 heavy (non-hydrogen) atoms. The summed E-state index contributed by atoms with van der Waals surface area (Å²) in [5, 5.41) is 30.3. The molecule has 2 aromatic heterocycles. The topological polar surface area (TPSA) is 150 Å². The first-order valence-electron chi connectivity index (χ1n) is 6.71. The van der Waals surface area contributed by atoms with Gasteiger partial charge in [-0.05, 0) is 12.5 Å². The van der Waals surface area contributed by atoms with E-state index in [1.807, 2.05) is 0 Å². The van der Waals surface area contributed by atoms with Crippen molar-refractivity contribution in [3.63, 3.8) is 0 Å². The monoisotopic (exact) mass is 307 g/mol. The molecule has 0 bridgehead atoms.